The molecule has 70 valence electrons. The lowest BCUT2D eigenvalue weighted by molar-refractivity contribution is 0.0235. The number of aryl methyl sites for hydroxylation is 1. The second-order valence-electron chi connectivity index (χ2n) is 3.44. The average Bonchev–Trinajstić information content (AvgIpc) is 2.17. The Kier molecular flexibility index (Phi) is 2.34. The topological polar surface area (TPSA) is 21.3 Å². The fourth-order valence-electron chi connectivity index (χ4n) is 1.93. The van der Waals surface area contributed by atoms with Crippen LogP contribution in [0.2, 0.25) is 0 Å². The standard InChI is InChI=1S/C11H15NO/c1-8-4-3-5-9-6-7-13-11(12-2)10(8)9/h3-5,11-12H,6-7H2,1-2H3/t11-/m0/s1. The van der Waals surface area contributed by atoms with Gasteiger partial charge in [-0.05, 0) is 31.5 Å². The highest BCUT2D eigenvalue weighted by Crippen LogP contribution is 2.27. The first kappa shape index (κ1) is 8.73. The fraction of sp³-hybridized carbons (Fsp3) is 0.455. The summed E-state index contributed by atoms with van der Waals surface area (Å²) in [6, 6.07) is 6.44. The van der Waals surface area contributed by atoms with Crippen molar-refractivity contribution < 1.29 is 4.74 Å². The van der Waals surface area contributed by atoms with Crippen molar-refractivity contribution in [2.45, 2.75) is 19.6 Å². The third-order valence-corrected chi connectivity index (χ3v) is 2.59. The average molecular weight is 177 g/mol. The zero-order valence-electron chi connectivity index (χ0n) is 8.13. The summed E-state index contributed by atoms with van der Waals surface area (Å²) in [4.78, 5) is 0. The van der Waals surface area contributed by atoms with Crippen LogP contribution in [0.15, 0.2) is 18.2 Å². The summed E-state index contributed by atoms with van der Waals surface area (Å²) in [5.41, 5.74) is 4.07. The maximum Gasteiger partial charge on any atom is 0.134 e. The Morgan fingerprint density at radius 2 is 2.31 bits per heavy atom. The van der Waals surface area contributed by atoms with Crippen LogP contribution in [0.25, 0.3) is 0 Å². The van der Waals surface area contributed by atoms with Gasteiger partial charge in [0.25, 0.3) is 0 Å². The molecule has 1 aromatic carbocycles. The molecule has 2 heteroatoms. The first-order valence-corrected chi connectivity index (χ1v) is 4.70. The minimum atomic E-state index is 0.0879. The van der Waals surface area contributed by atoms with Gasteiger partial charge in [-0.1, -0.05) is 18.2 Å². The van der Waals surface area contributed by atoms with Gasteiger partial charge in [-0.15, -0.1) is 0 Å². The summed E-state index contributed by atoms with van der Waals surface area (Å²) in [6.07, 6.45) is 1.12. The molecule has 1 aliphatic heterocycles. The number of benzene rings is 1. The Morgan fingerprint density at radius 1 is 1.46 bits per heavy atom. The summed E-state index contributed by atoms with van der Waals surface area (Å²) in [5.74, 6) is 0. The molecule has 1 heterocycles. The van der Waals surface area contributed by atoms with Crippen molar-refractivity contribution in [1.29, 1.82) is 0 Å². The van der Waals surface area contributed by atoms with Crippen molar-refractivity contribution in [2.24, 2.45) is 0 Å². The molecule has 1 atom stereocenters. The summed E-state index contributed by atoms with van der Waals surface area (Å²) < 4.78 is 5.62. The number of fused-ring (bicyclic) bond motifs is 1. The Morgan fingerprint density at radius 3 is 3.08 bits per heavy atom. The summed E-state index contributed by atoms with van der Waals surface area (Å²) in [5, 5.41) is 3.18. The van der Waals surface area contributed by atoms with Crippen molar-refractivity contribution >= 4 is 0 Å². The number of ether oxygens (including phenoxy) is 1. The molecule has 1 aliphatic rings. The van der Waals surface area contributed by atoms with Crippen LogP contribution in [0, 0.1) is 6.92 Å². The highest BCUT2D eigenvalue weighted by molar-refractivity contribution is 5.37. The van der Waals surface area contributed by atoms with E-state index in [1.807, 2.05) is 7.05 Å². The number of hydrogen-bond donors (Lipinski definition) is 1. The first-order valence-electron chi connectivity index (χ1n) is 4.70. The zero-order valence-corrected chi connectivity index (χ0v) is 8.13. The van der Waals surface area contributed by atoms with E-state index in [9.17, 15) is 0 Å². The van der Waals surface area contributed by atoms with E-state index in [1.54, 1.807) is 0 Å². The normalized spacial score (nSPS) is 21.2. The van der Waals surface area contributed by atoms with Gasteiger partial charge in [0, 0.05) is 5.56 Å². The molecule has 0 amide bonds. The largest absolute Gasteiger partial charge is 0.359 e. The highest BCUT2D eigenvalue weighted by atomic mass is 16.5. The highest BCUT2D eigenvalue weighted by Gasteiger charge is 2.20. The molecule has 0 aliphatic carbocycles. The Bertz CT molecular complexity index is 309. The van der Waals surface area contributed by atoms with E-state index in [1.165, 1.54) is 16.7 Å². The van der Waals surface area contributed by atoms with E-state index in [0.29, 0.717) is 0 Å². The third kappa shape index (κ3) is 1.47. The number of rotatable bonds is 1. The fourth-order valence-corrected chi connectivity index (χ4v) is 1.93. The molecular weight excluding hydrogens is 162 g/mol. The molecule has 0 spiro atoms. The molecule has 13 heavy (non-hydrogen) atoms. The second kappa shape index (κ2) is 3.48. The van der Waals surface area contributed by atoms with Gasteiger partial charge in [-0.2, -0.15) is 0 Å². The molecule has 0 saturated carbocycles. The van der Waals surface area contributed by atoms with E-state index in [0.717, 1.165) is 13.0 Å². The summed E-state index contributed by atoms with van der Waals surface area (Å²) in [6.45, 7) is 2.96. The molecule has 0 saturated heterocycles. The van der Waals surface area contributed by atoms with Crippen molar-refractivity contribution in [1.82, 2.24) is 5.32 Å². The Labute approximate surface area is 78.9 Å². The second-order valence-corrected chi connectivity index (χ2v) is 3.44. The molecule has 0 bridgehead atoms. The Balaban J connectivity index is 2.47. The molecule has 2 nitrogen and oxygen atoms in total. The maximum absolute atomic E-state index is 5.62. The van der Waals surface area contributed by atoms with Gasteiger partial charge in [-0.25, -0.2) is 0 Å². The smallest absolute Gasteiger partial charge is 0.134 e. The van der Waals surface area contributed by atoms with Crippen LogP contribution in [0.5, 0.6) is 0 Å². The van der Waals surface area contributed by atoms with Crippen molar-refractivity contribution in [3.05, 3.63) is 34.9 Å². The van der Waals surface area contributed by atoms with Gasteiger partial charge in [0.1, 0.15) is 6.23 Å². The SMILES string of the molecule is CN[C@H]1OCCc2cccc(C)c21. The van der Waals surface area contributed by atoms with Crippen molar-refractivity contribution in [3.63, 3.8) is 0 Å². The van der Waals surface area contributed by atoms with Crippen LogP contribution in [0.3, 0.4) is 0 Å². The predicted molar refractivity (Wildman–Crippen MR) is 52.6 cm³/mol. The minimum absolute atomic E-state index is 0.0879. The lowest BCUT2D eigenvalue weighted by Gasteiger charge is -2.27. The van der Waals surface area contributed by atoms with E-state index in [-0.39, 0.29) is 6.23 Å². The van der Waals surface area contributed by atoms with Gasteiger partial charge in [-0.3, -0.25) is 5.32 Å². The van der Waals surface area contributed by atoms with E-state index in [4.69, 9.17) is 4.74 Å². The molecule has 0 unspecified atom stereocenters. The van der Waals surface area contributed by atoms with Gasteiger partial charge in [0.2, 0.25) is 0 Å². The van der Waals surface area contributed by atoms with Crippen LogP contribution in [0.1, 0.15) is 22.9 Å². The van der Waals surface area contributed by atoms with E-state index in [2.05, 4.69) is 30.4 Å². The van der Waals surface area contributed by atoms with E-state index >= 15 is 0 Å². The molecule has 0 aromatic heterocycles. The zero-order chi connectivity index (χ0) is 9.26. The molecule has 0 fully saturated rings. The molecule has 1 N–H and O–H groups in total. The van der Waals surface area contributed by atoms with E-state index < -0.39 is 0 Å². The quantitative estimate of drug-likeness (QED) is 0.706. The van der Waals surface area contributed by atoms with Crippen LogP contribution >= 0.6 is 0 Å². The van der Waals surface area contributed by atoms with Crippen LogP contribution in [0.4, 0.5) is 0 Å². The van der Waals surface area contributed by atoms with Crippen molar-refractivity contribution in [2.75, 3.05) is 13.7 Å². The lowest BCUT2D eigenvalue weighted by atomic mass is 9.96. The molecule has 0 radical (unpaired) electrons. The molecule has 1 aromatic rings. The van der Waals surface area contributed by atoms with Crippen LogP contribution < -0.4 is 5.32 Å². The van der Waals surface area contributed by atoms with Crippen LogP contribution in [-0.4, -0.2) is 13.7 Å². The third-order valence-electron chi connectivity index (χ3n) is 2.59. The minimum Gasteiger partial charge on any atom is -0.359 e. The van der Waals surface area contributed by atoms with Gasteiger partial charge in [0.15, 0.2) is 0 Å². The molecular formula is C11H15NO. The number of hydrogen-bond acceptors (Lipinski definition) is 2. The summed E-state index contributed by atoms with van der Waals surface area (Å²) in [7, 11) is 1.94. The summed E-state index contributed by atoms with van der Waals surface area (Å²) >= 11 is 0. The monoisotopic (exact) mass is 177 g/mol. The van der Waals surface area contributed by atoms with Crippen LogP contribution in [-0.2, 0) is 11.2 Å². The van der Waals surface area contributed by atoms with Gasteiger partial charge >= 0.3 is 0 Å². The van der Waals surface area contributed by atoms with Gasteiger partial charge in [0.05, 0.1) is 6.61 Å². The first-order chi connectivity index (χ1) is 6.33. The number of nitrogens with one attached hydrogen (secondary N) is 1. The Hall–Kier alpha value is -0.860. The lowest BCUT2D eigenvalue weighted by Crippen LogP contribution is -2.27. The van der Waals surface area contributed by atoms with Gasteiger partial charge < -0.3 is 4.74 Å². The maximum atomic E-state index is 5.62. The predicted octanol–water partition coefficient (Wildman–Crippen LogP) is 1.79. The van der Waals surface area contributed by atoms with Crippen molar-refractivity contribution in [3.8, 4) is 0 Å². The molecule has 2 rings (SSSR count).